The molecule has 0 bridgehead atoms. The van der Waals surface area contributed by atoms with Crippen molar-refractivity contribution in [2.45, 2.75) is 38.4 Å². The molecular weight excluding hydrogens is 144 g/mol. The van der Waals surface area contributed by atoms with Crippen molar-refractivity contribution < 1.29 is 14.3 Å². The lowest BCUT2D eigenvalue weighted by Gasteiger charge is -2.25. The largest absolute Gasteiger partial charge is 0.467 e. The first-order chi connectivity index (χ1) is 5.24. The van der Waals surface area contributed by atoms with E-state index in [4.69, 9.17) is 4.74 Å². The van der Waals surface area contributed by atoms with Crippen molar-refractivity contribution in [3.63, 3.8) is 0 Å². The standard InChI is InChI=1S/C8H14O3/c1-6-4-3-5-7(11-6)8(9)10-2/h6-7H,3-5H2,1-2H3/t6-,7+/m1/s1. The number of esters is 1. The average molecular weight is 158 g/mol. The molecule has 0 radical (unpaired) electrons. The molecule has 2 atom stereocenters. The highest BCUT2D eigenvalue weighted by atomic mass is 16.6. The molecule has 1 saturated heterocycles. The van der Waals surface area contributed by atoms with Gasteiger partial charge in [0, 0.05) is 0 Å². The lowest BCUT2D eigenvalue weighted by molar-refractivity contribution is -0.161. The van der Waals surface area contributed by atoms with Crippen LogP contribution in [-0.4, -0.2) is 25.3 Å². The first-order valence-electron chi connectivity index (χ1n) is 3.97. The van der Waals surface area contributed by atoms with Gasteiger partial charge < -0.3 is 9.47 Å². The summed E-state index contributed by atoms with van der Waals surface area (Å²) < 4.78 is 9.94. The van der Waals surface area contributed by atoms with Crippen molar-refractivity contribution in [2.75, 3.05) is 7.11 Å². The molecule has 1 heterocycles. The molecule has 0 aromatic carbocycles. The zero-order valence-electron chi connectivity index (χ0n) is 7.00. The normalized spacial score (nSPS) is 31.5. The summed E-state index contributed by atoms with van der Waals surface area (Å²) in [6, 6.07) is 0. The zero-order chi connectivity index (χ0) is 8.27. The maximum Gasteiger partial charge on any atom is 0.334 e. The van der Waals surface area contributed by atoms with E-state index >= 15 is 0 Å². The number of ether oxygens (including phenoxy) is 2. The third kappa shape index (κ3) is 2.19. The molecule has 0 unspecified atom stereocenters. The van der Waals surface area contributed by atoms with Crippen LogP contribution >= 0.6 is 0 Å². The van der Waals surface area contributed by atoms with E-state index in [0.717, 1.165) is 19.3 Å². The van der Waals surface area contributed by atoms with Crippen LogP contribution in [0.5, 0.6) is 0 Å². The van der Waals surface area contributed by atoms with E-state index in [1.807, 2.05) is 6.92 Å². The minimum atomic E-state index is -0.316. The van der Waals surface area contributed by atoms with Gasteiger partial charge in [-0.25, -0.2) is 4.79 Å². The van der Waals surface area contributed by atoms with Crippen LogP contribution in [0.1, 0.15) is 26.2 Å². The highest BCUT2D eigenvalue weighted by Crippen LogP contribution is 2.18. The van der Waals surface area contributed by atoms with Crippen molar-refractivity contribution in [1.29, 1.82) is 0 Å². The Morgan fingerprint density at radius 2 is 2.27 bits per heavy atom. The van der Waals surface area contributed by atoms with Crippen LogP contribution in [0.25, 0.3) is 0 Å². The third-order valence-corrected chi connectivity index (χ3v) is 1.94. The molecule has 0 aliphatic carbocycles. The predicted molar refractivity (Wildman–Crippen MR) is 40.2 cm³/mol. The second-order valence-corrected chi connectivity index (χ2v) is 2.89. The minimum Gasteiger partial charge on any atom is -0.467 e. The molecule has 0 aromatic rings. The van der Waals surface area contributed by atoms with Gasteiger partial charge in [-0.1, -0.05) is 0 Å². The highest BCUT2D eigenvalue weighted by Gasteiger charge is 2.25. The minimum absolute atomic E-state index is 0.202. The van der Waals surface area contributed by atoms with E-state index < -0.39 is 0 Å². The fraction of sp³-hybridized carbons (Fsp3) is 0.875. The summed E-state index contributed by atoms with van der Waals surface area (Å²) in [5.74, 6) is -0.239. The van der Waals surface area contributed by atoms with Crippen LogP contribution in [0.15, 0.2) is 0 Å². The molecule has 11 heavy (non-hydrogen) atoms. The topological polar surface area (TPSA) is 35.5 Å². The van der Waals surface area contributed by atoms with Gasteiger partial charge in [-0.15, -0.1) is 0 Å². The molecule has 0 amide bonds. The van der Waals surface area contributed by atoms with Crippen molar-refractivity contribution in [1.82, 2.24) is 0 Å². The Bertz CT molecular complexity index is 144. The molecule has 1 fully saturated rings. The Balaban J connectivity index is 2.39. The van der Waals surface area contributed by atoms with Gasteiger partial charge in [-0.3, -0.25) is 0 Å². The number of hydrogen-bond acceptors (Lipinski definition) is 3. The molecule has 3 heteroatoms. The molecule has 1 aliphatic heterocycles. The molecule has 0 N–H and O–H groups in total. The quantitative estimate of drug-likeness (QED) is 0.536. The number of carbonyl (C=O) groups excluding carboxylic acids is 1. The number of rotatable bonds is 1. The van der Waals surface area contributed by atoms with Crippen molar-refractivity contribution >= 4 is 5.97 Å². The Kier molecular flexibility index (Phi) is 2.88. The SMILES string of the molecule is COC(=O)[C@@H]1CCC[C@@H](C)O1. The van der Waals surface area contributed by atoms with Crippen LogP contribution in [-0.2, 0) is 14.3 Å². The van der Waals surface area contributed by atoms with Crippen LogP contribution in [0.4, 0.5) is 0 Å². The van der Waals surface area contributed by atoms with Gasteiger partial charge in [-0.2, -0.15) is 0 Å². The second kappa shape index (κ2) is 3.72. The Morgan fingerprint density at radius 3 is 2.82 bits per heavy atom. The number of hydrogen-bond donors (Lipinski definition) is 0. The van der Waals surface area contributed by atoms with Crippen molar-refractivity contribution in [2.24, 2.45) is 0 Å². The smallest absolute Gasteiger partial charge is 0.334 e. The molecule has 1 rings (SSSR count). The van der Waals surface area contributed by atoms with E-state index in [-0.39, 0.29) is 18.2 Å². The Hall–Kier alpha value is -0.570. The van der Waals surface area contributed by atoms with E-state index in [2.05, 4.69) is 4.74 Å². The van der Waals surface area contributed by atoms with E-state index in [9.17, 15) is 4.79 Å². The fourth-order valence-corrected chi connectivity index (χ4v) is 1.31. The highest BCUT2D eigenvalue weighted by molar-refractivity contribution is 5.74. The van der Waals surface area contributed by atoms with Crippen LogP contribution in [0.2, 0.25) is 0 Å². The third-order valence-electron chi connectivity index (χ3n) is 1.94. The molecule has 0 aromatic heterocycles. The molecule has 3 nitrogen and oxygen atoms in total. The number of carbonyl (C=O) groups is 1. The molecule has 0 saturated carbocycles. The monoisotopic (exact) mass is 158 g/mol. The first-order valence-corrected chi connectivity index (χ1v) is 3.97. The molecule has 1 aliphatic rings. The maximum absolute atomic E-state index is 11.0. The summed E-state index contributed by atoms with van der Waals surface area (Å²) >= 11 is 0. The average Bonchev–Trinajstić information content (AvgIpc) is 2.03. The van der Waals surface area contributed by atoms with Gasteiger partial charge in [0.2, 0.25) is 0 Å². The zero-order valence-corrected chi connectivity index (χ0v) is 7.00. The summed E-state index contributed by atoms with van der Waals surface area (Å²) in [5, 5.41) is 0. The number of methoxy groups -OCH3 is 1. The van der Waals surface area contributed by atoms with E-state index in [1.165, 1.54) is 7.11 Å². The van der Waals surface area contributed by atoms with Gasteiger partial charge in [0.25, 0.3) is 0 Å². The van der Waals surface area contributed by atoms with Gasteiger partial charge >= 0.3 is 5.97 Å². The van der Waals surface area contributed by atoms with Gasteiger partial charge in [0.1, 0.15) is 0 Å². The van der Waals surface area contributed by atoms with Gasteiger partial charge in [0.05, 0.1) is 13.2 Å². The van der Waals surface area contributed by atoms with E-state index in [1.54, 1.807) is 0 Å². The summed E-state index contributed by atoms with van der Waals surface area (Å²) in [5.41, 5.74) is 0. The lowest BCUT2D eigenvalue weighted by Crippen LogP contribution is -2.33. The molecule has 64 valence electrons. The Labute approximate surface area is 66.7 Å². The van der Waals surface area contributed by atoms with E-state index in [0.29, 0.717) is 0 Å². The summed E-state index contributed by atoms with van der Waals surface area (Å²) in [4.78, 5) is 11.0. The predicted octanol–water partition coefficient (Wildman–Crippen LogP) is 1.12. The van der Waals surface area contributed by atoms with Gasteiger partial charge in [-0.05, 0) is 26.2 Å². The van der Waals surface area contributed by atoms with Crippen molar-refractivity contribution in [3.05, 3.63) is 0 Å². The van der Waals surface area contributed by atoms with Crippen LogP contribution < -0.4 is 0 Å². The summed E-state index contributed by atoms with van der Waals surface area (Å²) in [6.07, 6.45) is 2.79. The van der Waals surface area contributed by atoms with Crippen molar-refractivity contribution in [3.8, 4) is 0 Å². The second-order valence-electron chi connectivity index (χ2n) is 2.89. The fourth-order valence-electron chi connectivity index (χ4n) is 1.31. The van der Waals surface area contributed by atoms with Gasteiger partial charge in [0.15, 0.2) is 6.10 Å². The lowest BCUT2D eigenvalue weighted by atomic mass is 10.1. The van der Waals surface area contributed by atoms with Crippen LogP contribution in [0.3, 0.4) is 0 Å². The molecular formula is C8H14O3. The summed E-state index contributed by atoms with van der Waals surface area (Å²) in [6.45, 7) is 1.98. The molecule has 0 spiro atoms. The maximum atomic E-state index is 11.0. The van der Waals surface area contributed by atoms with Crippen LogP contribution in [0, 0.1) is 0 Å². The Morgan fingerprint density at radius 1 is 1.55 bits per heavy atom. The summed E-state index contributed by atoms with van der Waals surface area (Å²) in [7, 11) is 1.39. The first kappa shape index (κ1) is 8.53.